The molecule has 0 aliphatic heterocycles. The highest BCUT2D eigenvalue weighted by atomic mass is 19.3. The van der Waals surface area contributed by atoms with Gasteiger partial charge in [0.15, 0.2) is 0 Å². The van der Waals surface area contributed by atoms with Gasteiger partial charge < -0.3 is 5.73 Å². The van der Waals surface area contributed by atoms with Gasteiger partial charge in [-0.15, -0.1) is 0 Å². The van der Waals surface area contributed by atoms with E-state index in [-0.39, 0.29) is 6.04 Å². The number of rotatable bonds is 3. The molecule has 0 saturated heterocycles. The van der Waals surface area contributed by atoms with Crippen LogP contribution in [-0.2, 0) is 0 Å². The Hall–Kier alpha value is -1.03. The second-order valence-corrected chi connectivity index (χ2v) is 3.94. The average molecular weight is 215 g/mol. The summed E-state index contributed by atoms with van der Waals surface area (Å²) in [7, 11) is 0. The lowest BCUT2D eigenvalue weighted by Crippen LogP contribution is -2.12. The highest BCUT2D eigenvalue weighted by molar-refractivity contribution is 5.28. The Kier molecular flexibility index (Phi) is 2.69. The fourth-order valence-electron chi connectivity index (χ4n) is 1.66. The minimum atomic E-state index is -2.77. The van der Waals surface area contributed by atoms with E-state index in [4.69, 9.17) is 5.73 Å². The summed E-state index contributed by atoms with van der Waals surface area (Å²) in [6, 6.07) is 3.53. The molecule has 2 rings (SSSR count). The van der Waals surface area contributed by atoms with Gasteiger partial charge in [-0.05, 0) is 30.4 Å². The first-order chi connectivity index (χ1) is 7.09. The monoisotopic (exact) mass is 215 g/mol. The van der Waals surface area contributed by atoms with Crippen LogP contribution in [0, 0.1) is 11.7 Å². The summed E-state index contributed by atoms with van der Waals surface area (Å²) < 4.78 is 37.7. The van der Waals surface area contributed by atoms with E-state index in [0.717, 1.165) is 25.0 Å². The van der Waals surface area contributed by atoms with Crippen molar-refractivity contribution in [2.75, 3.05) is 0 Å². The number of alkyl halides is 2. The van der Waals surface area contributed by atoms with Crippen LogP contribution in [0.15, 0.2) is 18.2 Å². The zero-order valence-corrected chi connectivity index (χ0v) is 8.09. The zero-order valence-electron chi connectivity index (χ0n) is 8.09. The molecule has 0 radical (unpaired) electrons. The Labute approximate surface area is 86.1 Å². The molecule has 1 atom stereocenters. The molecule has 0 heterocycles. The maximum absolute atomic E-state index is 13.2. The molecular formula is C11H12F3N. The first-order valence-electron chi connectivity index (χ1n) is 4.92. The van der Waals surface area contributed by atoms with Gasteiger partial charge in [-0.1, -0.05) is 12.1 Å². The Morgan fingerprint density at radius 1 is 1.27 bits per heavy atom. The van der Waals surface area contributed by atoms with Crippen LogP contribution in [0.5, 0.6) is 0 Å². The van der Waals surface area contributed by atoms with Crippen LogP contribution < -0.4 is 5.73 Å². The van der Waals surface area contributed by atoms with Gasteiger partial charge in [0.25, 0.3) is 6.43 Å². The van der Waals surface area contributed by atoms with Gasteiger partial charge in [0.2, 0.25) is 0 Å². The van der Waals surface area contributed by atoms with E-state index in [1.54, 1.807) is 0 Å². The third kappa shape index (κ3) is 2.15. The molecule has 4 heteroatoms. The minimum Gasteiger partial charge on any atom is -0.324 e. The standard InChI is InChI=1S/C11H12F3N/c12-9-5-7(10(15)6-1-2-6)3-4-8(9)11(13)14/h3-6,10-11H,1-2,15H2/t10-/m0/s1. The van der Waals surface area contributed by atoms with Crippen molar-refractivity contribution in [3.8, 4) is 0 Å². The van der Waals surface area contributed by atoms with Gasteiger partial charge in [0.05, 0.1) is 5.56 Å². The third-order valence-electron chi connectivity index (χ3n) is 2.77. The van der Waals surface area contributed by atoms with E-state index in [1.807, 2.05) is 0 Å². The molecule has 0 aromatic heterocycles. The van der Waals surface area contributed by atoms with Gasteiger partial charge in [-0.25, -0.2) is 13.2 Å². The van der Waals surface area contributed by atoms with Crippen LogP contribution in [0.3, 0.4) is 0 Å². The number of hydrogen-bond acceptors (Lipinski definition) is 1. The predicted molar refractivity (Wildman–Crippen MR) is 51.0 cm³/mol. The van der Waals surface area contributed by atoms with Crippen LogP contribution in [0.1, 0.15) is 36.4 Å². The van der Waals surface area contributed by atoms with Gasteiger partial charge in [-0.3, -0.25) is 0 Å². The maximum atomic E-state index is 13.2. The molecule has 1 aromatic rings. The van der Waals surface area contributed by atoms with E-state index in [9.17, 15) is 13.2 Å². The fourth-order valence-corrected chi connectivity index (χ4v) is 1.66. The Balaban J connectivity index is 2.24. The molecule has 15 heavy (non-hydrogen) atoms. The van der Waals surface area contributed by atoms with Gasteiger partial charge in [0, 0.05) is 6.04 Å². The number of benzene rings is 1. The van der Waals surface area contributed by atoms with Crippen molar-refractivity contribution in [2.45, 2.75) is 25.3 Å². The molecule has 0 unspecified atom stereocenters. The highest BCUT2D eigenvalue weighted by Crippen LogP contribution is 2.39. The molecule has 0 spiro atoms. The first kappa shape index (κ1) is 10.5. The number of halogens is 3. The van der Waals surface area contributed by atoms with E-state index < -0.39 is 17.8 Å². The Morgan fingerprint density at radius 3 is 2.40 bits per heavy atom. The van der Waals surface area contributed by atoms with E-state index in [1.165, 1.54) is 6.07 Å². The van der Waals surface area contributed by atoms with Crippen LogP contribution in [0.2, 0.25) is 0 Å². The summed E-state index contributed by atoms with van der Waals surface area (Å²) in [5.74, 6) is -0.472. The fraction of sp³-hybridized carbons (Fsp3) is 0.455. The van der Waals surface area contributed by atoms with Crippen molar-refractivity contribution in [3.05, 3.63) is 35.1 Å². The van der Waals surface area contributed by atoms with E-state index in [0.29, 0.717) is 11.5 Å². The number of hydrogen-bond donors (Lipinski definition) is 1. The Bertz CT molecular complexity index is 361. The lowest BCUT2D eigenvalue weighted by molar-refractivity contribution is 0.146. The molecule has 1 aliphatic rings. The lowest BCUT2D eigenvalue weighted by atomic mass is 10.0. The van der Waals surface area contributed by atoms with E-state index >= 15 is 0 Å². The molecule has 0 bridgehead atoms. The molecule has 2 N–H and O–H groups in total. The van der Waals surface area contributed by atoms with Crippen molar-refractivity contribution in [1.29, 1.82) is 0 Å². The quantitative estimate of drug-likeness (QED) is 0.823. The average Bonchev–Trinajstić information content (AvgIpc) is 2.99. The summed E-state index contributed by atoms with van der Waals surface area (Å²) in [6.45, 7) is 0. The SMILES string of the molecule is N[C@H](c1ccc(C(F)F)c(F)c1)C1CC1. The summed E-state index contributed by atoms with van der Waals surface area (Å²) in [6.07, 6.45) is -0.685. The molecule has 1 aromatic carbocycles. The second kappa shape index (κ2) is 3.85. The van der Waals surface area contributed by atoms with Crippen molar-refractivity contribution >= 4 is 0 Å². The Morgan fingerprint density at radius 2 is 1.93 bits per heavy atom. The molecule has 82 valence electrons. The normalized spacial score (nSPS) is 18.2. The zero-order chi connectivity index (χ0) is 11.0. The van der Waals surface area contributed by atoms with Crippen molar-refractivity contribution < 1.29 is 13.2 Å². The summed E-state index contributed by atoms with van der Waals surface area (Å²) in [4.78, 5) is 0. The van der Waals surface area contributed by atoms with Crippen LogP contribution in [0.25, 0.3) is 0 Å². The van der Waals surface area contributed by atoms with Crippen molar-refractivity contribution in [3.63, 3.8) is 0 Å². The van der Waals surface area contributed by atoms with Crippen molar-refractivity contribution in [1.82, 2.24) is 0 Å². The summed E-state index contributed by atoms with van der Waals surface area (Å²) >= 11 is 0. The van der Waals surface area contributed by atoms with E-state index in [2.05, 4.69) is 0 Å². The molecular weight excluding hydrogens is 203 g/mol. The van der Waals surface area contributed by atoms with Crippen molar-refractivity contribution in [2.24, 2.45) is 11.7 Å². The predicted octanol–water partition coefficient (Wildman–Crippen LogP) is 3.17. The minimum absolute atomic E-state index is 0.216. The summed E-state index contributed by atoms with van der Waals surface area (Å²) in [5, 5.41) is 0. The van der Waals surface area contributed by atoms with Gasteiger partial charge in [-0.2, -0.15) is 0 Å². The molecule has 1 saturated carbocycles. The maximum Gasteiger partial charge on any atom is 0.266 e. The molecule has 1 aliphatic carbocycles. The topological polar surface area (TPSA) is 26.0 Å². The third-order valence-corrected chi connectivity index (χ3v) is 2.77. The first-order valence-corrected chi connectivity index (χ1v) is 4.92. The van der Waals surface area contributed by atoms with Crippen LogP contribution >= 0.6 is 0 Å². The van der Waals surface area contributed by atoms with Crippen LogP contribution in [-0.4, -0.2) is 0 Å². The highest BCUT2D eigenvalue weighted by Gasteiger charge is 2.30. The van der Waals surface area contributed by atoms with Gasteiger partial charge >= 0.3 is 0 Å². The van der Waals surface area contributed by atoms with Crippen LogP contribution in [0.4, 0.5) is 13.2 Å². The molecule has 1 nitrogen and oxygen atoms in total. The van der Waals surface area contributed by atoms with Gasteiger partial charge in [0.1, 0.15) is 5.82 Å². The lowest BCUT2D eigenvalue weighted by Gasteiger charge is -2.12. The summed E-state index contributed by atoms with van der Waals surface area (Å²) in [5.41, 5.74) is 5.90. The largest absolute Gasteiger partial charge is 0.324 e. The second-order valence-electron chi connectivity index (χ2n) is 3.94. The smallest absolute Gasteiger partial charge is 0.266 e. The number of nitrogens with two attached hydrogens (primary N) is 1. The molecule has 0 amide bonds. The molecule has 1 fully saturated rings.